The van der Waals surface area contributed by atoms with Gasteiger partial charge in [0.2, 0.25) is 0 Å². The van der Waals surface area contributed by atoms with Gasteiger partial charge in [-0.3, -0.25) is 9.88 Å². The highest BCUT2D eigenvalue weighted by molar-refractivity contribution is 5.11. The Kier molecular flexibility index (Phi) is 4.73. The van der Waals surface area contributed by atoms with E-state index in [0.29, 0.717) is 12.2 Å². The molecule has 0 aliphatic carbocycles. The fraction of sp³-hybridized carbons (Fsp3) is 0.588. The normalized spacial score (nSPS) is 22.6. The highest BCUT2D eigenvalue weighted by Gasteiger charge is 2.37. The molecule has 0 spiro atoms. The minimum Gasteiger partial charge on any atom is -0.382 e. The molecule has 0 saturated carbocycles. The summed E-state index contributed by atoms with van der Waals surface area (Å²) in [6.45, 7) is 6.67. The van der Waals surface area contributed by atoms with E-state index >= 15 is 0 Å². The lowest BCUT2D eigenvalue weighted by molar-refractivity contribution is -0.0385. The van der Waals surface area contributed by atoms with Crippen molar-refractivity contribution in [2.75, 3.05) is 19.6 Å². The molecule has 6 heteroatoms. The van der Waals surface area contributed by atoms with Crippen LogP contribution in [0.2, 0.25) is 0 Å². The number of piperidine rings is 1. The van der Waals surface area contributed by atoms with Gasteiger partial charge >= 0.3 is 0 Å². The highest BCUT2D eigenvalue weighted by Crippen LogP contribution is 2.30. The van der Waals surface area contributed by atoms with Crippen LogP contribution in [-0.4, -0.2) is 49.6 Å². The molecule has 1 unspecified atom stereocenters. The van der Waals surface area contributed by atoms with Crippen molar-refractivity contribution in [3.05, 3.63) is 42.0 Å². The Balaban J connectivity index is 1.64. The maximum absolute atomic E-state index is 11.0. The van der Waals surface area contributed by atoms with Crippen LogP contribution in [0.15, 0.2) is 30.7 Å². The smallest absolute Gasteiger partial charge is 0.123 e. The third-order valence-corrected chi connectivity index (χ3v) is 4.51. The molecule has 1 aliphatic rings. The number of hydrogen-bond donors (Lipinski definition) is 1. The van der Waals surface area contributed by atoms with E-state index in [1.165, 1.54) is 5.56 Å². The number of hydrogen-bond acceptors (Lipinski definition) is 5. The molecule has 0 bridgehead atoms. The molecule has 6 nitrogen and oxygen atoms in total. The predicted molar refractivity (Wildman–Crippen MR) is 87.9 cm³/mol. The van der Waals surface area contributed by atoms with Crippen LogP contribution in [0, 0.1) is 0 Å². The van der Waals surface area contributed by atoms with E-state index in [0.717, 1.165) is 32.4 Å². The van der Waals surface area contributed by atoms with E-state index in [1.54, 1.807) is 6.20 Å². The average molecular weight is 315 g/mol. The van der Waals surface area contributed by atoms with Crippen molar-refractivity contribution in [3.8, 4) is 0 Å². The standard InChI is InChI=1S/C17H25N5O/c1-14(2)22-12-16(19-20-22)17(23)7-4-9-21(13-17)10-6-15-5-3-8-18-11-15/h3,5,8,11-12,14,23H,4,6-7,9-10,13H2,1-2H3. The first-order valence-corrected chi connectivity index (χ1v) is 8.33. The van der Waals surface area contributed by atoms with Crippen LogP contribution in [0.25, 0.3) is 0 Å². The SMILES string of the molecule is CC(C)n1cc(C2(O)CCCN(CCc3cccnc3)C2)nn1. The molecule has 1 saturated heterocycles. The van der Waals surface area contributed by atoms with Crippen LogP contribution in [0.4, 0.5) is 0 Å². The van der Waals surface area contributed by atoms with Gasteiger partial charge in [-0.1, -0.05) is 11.3 Å². The van der Waals surface area contributed by atoms with Crippen LogP contribution in [-0.2, 0) is 12.0 Å². The third kappa shape index (κ3) is 3.76. The molecule has 1 atom stereocenters. The fourth-order valence-corrected chi connectivity index (χ4v) is 3.10. The van der Waals surface area contributed by atoms with Crippen molar-refractivity contribution in [3.63, 3.8) is 0 Å². The summed E-state index contributed by atoms with van der Waals surface area (Å²) in [5.41, 5.74) is 1.03. The van der Waals surface area contributed by atoms with E-state index in [1.807, 2.05) is 23.1 Å². The van der Waals surface area contributed by atoms with Crippen LogP contribution in [0.1, 0.15) is 44.0 Å². The Bertz CT molecular complexity index is 627. The molecule has 124 valence electrons. The second kappa shape index (κ2) is 6.76. The number of nitrogens with zero attached hydrogens (tertiary/aromatic N) is 5. The van der Waals surface area contributed by atoms with Crippen molar-refractivity contribution in [2.24, 2.45) is 0 Å². The summed E-state index contributed by atoms with van der Waals surface area (Å²) < 4.78 is 1.81. The fourth-order valence-electron chi connectivity index (χ4n) is 3.10. The Hall–Kier alpha value is -1.79. The zero-order chi connectivity index (χ0) is 16.3. The topological polar surface area (TPSA) is 67.1 Å². The maximum atomic E-state index is 11.0. The van der Waals surface area contributed by atoms with Gasteiger partial charge in [-0.15, -0.1) is 5.10 Å². The van der Waals surface area contributed by atoms with Gasteiger partial charge < -0.3 is 5.11 Å². The Morgan fingerprint density at radius 3 is 2.96 bits per heavy atom. The van der Waals surface area contributed by atoms with Gasteiger partial charge in [-0.2, -0.15) is 0 Å². The molecule has 0 amide bonds. The number of pyridine rings is 1. The second-order valence-electron chi connectivity index (χ2n) is 6.70. The number of aromatic nitrogens is 4. The summed E-state index contributed by atoms with van der Waals surface area (Å²) in [5, 5.41) is 19.4. The summed E-state index contributed by atoms with van der Waals surface area (Å²) in [6.07, 6.45) is 8.24. The van der Waals surface area contributed by atoms with E-state index in [2.05, 4.69) is 40.1 Å². The zero-order valence-electron chi connectivity index (χ0n) is 13.9. The van der Waals surface area contributed by atoms with Gasteiger partial charge in [0.1, 0.15) is 11.3 Å². The Morgan fingerprint density at radius 2 is 2.26 bits per heavy atom. The predicted octanol–water partition coefficient (Wildman–Crippen LogP) is 1.78. The van der Waals surface area contributed by atoms with Crippen LogP contribution >= 0.6 is 0 Å². The largest absolute Gasteiger partial charge is 0.382 e. The second-order valence-corrected chi connectivity index (χ2v) is 6.70. The summed E-state index contributed by atoms with van der Waals surface area (Å²) in [4.78, 5) is 6.47. The van der Waals surface area contributed by atoms with Gasteiger partial charge in [0.05, 0.1) is 6.20 Å². The molecule has 3 rings (SSSR count). The number of likely N-dealkylation sites (tertiary alicyclic amines) is 1. The summed E-state index contributed by atoms with van der Waals surface area (Å²) in [5.74, 6) is 0. The van der Waals surface area contributed by atoms with Crippen molar-refractivity contribution < 1.29 is 5.11 Å². The number of rotatable bonds is 5. The molecule has 2 aromatic rings. The molecule has 1 aliphatic heterocycles. The van der Waals surface area contributed by atoms with Gasteiger partial charge in [-0.25, -0.2) is 4.68 Å². The van der Waals surface area contributed by atoms with Crippen LogP contribution in [0.3, 0.4) is 0 Å². The highest BCUT2D eigenvalue weighted by atomic mass is 16.3. The molecule has 2 aromatic heterocycles. The Labute approximate surface area is 137 Å². The van der Waals surface area contributed by atoms with Crippen molar-refractivity contribution in [1.29, 1.82) is 0 Å². The van der Waals surface area contributed by atoms with Gasteiger partial charge in [-0.05, 0) is 51.3 Å². The van der Waals surface area contributed by atoms with E-state index < -0.39 is 5.60 Å². The lowest BCUT2D eigenvalue weighted by Crippen LogP contribution is -2.47. The first-order chi connectivity index (χ1) is 11.1. The third-order valence-electron chi connectivity index (χ3n) is 4.51. The molecule has 1 N–H and O–H groups in total. The average Bonchev–Trinajstić information content (AvgIpc) is 3.05. The molecule has 0 aromatic carbocycles. The van der Waals surface area contributed by atoms with E-state index in [-0.39, 0.29) is 6.04 Å². The lowest BCUT2D eigenvalue weighted by atomic mass is 9.90. The van der Waals surface area contributed by atoms with E-state index in [4.69, 9.17) is 0 Å². The summed E-state index contributed by atoms with van der Waals surface area (Å²) in [7, 11) is 0. The molecule has 3 heterocycles. The first-order valence-electron chi connectivity index (χ1n) is 8.33. The number of aliphatic hydroxyl groups is 1. The Morgan fingerprint density at radius 1 is 1.39 bits per heavy atom. The molecular formula is C17H25N5O. The lowest BCUT2D eigenvalue weighted by Gasteiger charge is -2.38. The number of β-amino-alcohol motifs (C(OH)–C–C–N with tert-alkyl or cyclic N) is 1. The van der Waals surface area contributed by atoms with Crippen molar-refractivity contribution >= 4 is 0 Å². The van der Waals surface area contributed by atoms with Gasteiger partial charge in [0.15, 0.2) is 0 Å². The molecule has 23 heavy (non-hydrogen) atoms. The summed E-state index contributed by atoms with van der Waals surface area (Å²) >= 11 is 0. The van der Waals surface area contributed by atoms with Crippen LogP contribution < -0.4 is 0 Å². The molecule has 0 radical (unpaired) electrons. The first kappa shape index (κ1) is 16.1. The monoisotopic (exact) mass is 315 g/mol. The van der Waals surface area contributed by atoms with Crippen molar-refractivity contribution in [2.45, 2.75) is 44.8 Å². The van der Waals surface area contributed by atoms with Crippen molar-refractivity contribution in [1.82, 2.24) is 24.9 Å². The minimum absolute atomic E-state index is 0.255. The maximum Gasteiger partial charge on any atom is 0.123 e. The van der Waals surface area contributed by atoms with Crippen LogP contribution in [0.5, 0.6) is 0 Å². The quantitative estimate of drug-likeness (QED) is 0.911. The minimum atomic E-state index is -0.889. The molecule has 1 fully saturated rings. The van der Waals surface area contributed by atoms with Gasteiger partial charge in [0.25, 0.3) is 0 Å². The van der Waals surface area contributed by atoms with E-state index in [9.17, 15) is 5.11 Å². The summed E-state index contributed by atoms with van der Waals surface area (Å²) in [6, 6.07) is 4.31. The van der Waals surface area contributed by atoms with Gasteiger partial charge in [0, 0.05) is 31.5 Å². The zero-order valence-corrected chi connectivity index (χ0v) is 13.9. The molecular weight excluding hydrogens is 290 g/mol.